The first kappa shape index (κ1) is 12.0. The Bertz CT molecular complexity index is 458. The van der Waals surface area contributed by atoms with Crippen LogP contribution < -0.4 is 10.5 Å². The molecule has 98 valence electrons. The highest BCUT2D eigenvalue weighted by atomic mass is 19.1. The topological polar surface area (TPSA) is 35.2 Å². The van der Waals surface area contributed by atoms with Gasteiger partial charge in [0, 0.05) is 18.0 Å². The zero-order valence-electron chi connectivity index (χ0n) is 10.8. The molecule has 0 aromatic heterocycles. The summed E-state index contributed by atoms with van der Waals surface area (Å²) in [6, 6.07) is 4.61. The molecule has 1 fully saturated rings. The molecule has 1 aromatic carbocycles. The van der Waals surface area contributed by atoms with Gasteiger partial charge in [-0.1, -0.05) is 13.3 Å². The maximum Gasteiger partial charge on any atom is 0.125 e. The summed E-state index contributed by atoms with van der Waals surface area (Å²) in [5.74, 6) is 1.19. The smallest absolute Gasteiger partial charge is 0.125 e. The van der Waals surface area contributed by atoms with Crippen LogP contribution in [0, 0.1) is 11.7 Å². The zero-order chi connectivity index (χ0) is 12.8. The van der Waals surface area contributed by atoms with E-state index in [0.717, 1.165) is 30.6 Å². The van der Waals surface area contributed by atoms with Gasteiger partial charge in [0.2, 0.25) is 0 Å². The van der Waals surface area contributed by atoms with Crippen LogP contribution in [0.25, 0.3) is 0 Å². The molecule has 2 atom stereocenters. The van der Waals surface area contributed by atoms with Crippen molar-refractivity contribution in [3.05, 3.63) is 29.6 Å². The molecule has 2 nitrogen and oxygen atoms in total. The lowest BCUT2D eigenvalue weighted by atomic mass is 9.81. The maximum absolute atomic E-state index is 13.3. The number of benzene rings is 1. The van der Waals surface area contributed by atoms with Crippen molar-refractivity contribution in [2.75, 3.05) is 0 Å². The number of rotatable bonds is 3. The lowest BCUT2D eigenvalue weighted by Crippen LogP contribution is -2.45. The van der Waals surface area contributed by atoms with Crippen molar-refractivity contribution >= 4 is 0 Å². The molecule has 3 heteroatoms. The molecule has 1 aromatic rings. The molecule has 0 spiro atoms. The van der Waals surface area contributed by atoms with Gasteiger partial charge < -0.3 is 10.5 Å². The second-order valence-corrected chi connectivity index (χ2v) is 5.68. The van der Waals surface area contributed by atoms with Gasteiger partial charge in [-0.15, -0.1) is 0 Å². The van der Waals surface area contributed by atoms with E-state index >= 15 is 0 Å². The van der Waals surface area contributed by atoms with Gasteiger partial charge in [-0.3, -0.25) is 0 Å². The van der Waals surface area contributed by atoms with Crippen molar-refractivity contribution in [1.29, 1.82) is 0 Å². The van der Waals surface area contributed by atoms with Crippen LogP contribution in [0.15, 0.2) is 18.2 Å². The Morgan fingerprint density at radius 3 is 2.89 bits per heavy atom. The Morgan fingerprint density at radius 1 is 1.44 bits per heavy atom. The van der Waals surface area contributed by atoms with E-state index in [4.69, 9.17) is 10.5 Å². The number of ether oxygens (including phenoxy) is 1. The van der Waals surface area contributed by atoms with Gasteiger partial charge in [-0.2, -0.15) is 0 Å². The van der Waals surface area contributed by atoms with Crippen LogP contribution in [0.4, 0.5) is 4.39 Å². The van der Waals surface area contributed by atoms with E-state index in [1.54, 1.807) is 6.07 Å². The highest BCUT2D eigenvalue weighted by Gasteiger charge is 2.50. The van der Waals surface area contributed by atoms with Crippen molar-refractivity contribution in [3.63, 3.8) is 0 Å². The minimum atomic E-state index is -0.234. The monoisotopic (exact) mass is 249 g/mol. The van der Waals surface area contributed by atoms with Gasteiger partial charge in [0.15, 0.2) is 0 Å². The Kier molecular flexibility index (Phi) is 2.81. The van der Waals surface area contributed by atoms with E-state index in [1.807, 2.05) is 0 Å². The summed E-state index contributed by atoms with van der Waals surface area (Å²) < 4.78 is 19.5. The van der Waals surface area contributed by atoms with Gasteiger partial charge >= 0.3 is 0 Å². The molecular formula is C15H20FNO. The highest BCUT2D eigenvalue weighted by Crippen LogP contribution is 2.52. The van der Waals surface area contributed by atoms with Crippen LogP contribution in [-0.4, -0.2) is 5.60 Å². The highest BCUT2D eigenvalue weighted by molar-refractivity contribution is 5.39. The number of halogens is 1. The van der Waals surface area contributed by atoms with Crippen molar-refractivity contribution in [2.24, 2.45) is 11.7 Å². The first-order valence-corrected chi connectivity index (χ1v) is 6.88. The molecule has 0 bridgehead atoms. The third-order valence-electron chi connectivity index (χ3n) is 4.24. The minimum Gasteiger partial charge on any atom is -0.487 e. The molecule has 2 N–H and O–H groups in total. The summed E-state index contributed by atoms with van der Waals surface area (Å²) in [7, 11) is 0. The number of hydrogen-bond acceptors (Lipinski definition) is 2. The Balaban J connectivity index is 1.96. The molecule has 1 aliphatic carbocycles. The molecule has 18 heavy (non-hydrogen) atoms. The predicted octanol–water partition coefficient (Wildman–Crippen LogP) is 3.56. The van der Waals surface area contributed by atoms with Gasteiger partial charge in [-0.05, 0) is 43.4 Å². The fraction of sp³-hybridized carbons (Fsp3) is 0.600. The number of hydrogen-bond donors (Lipinski definition) is 1. The fourth-order valence-electron chi connectivity index (χ4n) is 3.28. The van der Waals surface area contributed by atoms with Crippen LogP contribution in [0.1, 0.15) is 50.6 Å². The van der Waals surface area contributed by atoms with Crippen LogP contribution >= 0.6 is 0 Å². The first-order valence-electron chi connectivity index (χ1n) is 6.88. The standard InChI is InChI=1S/C15H20FNO/c1-2-7-15(10-3-4-10)9-13(17)12-8-11(16)5-6-14(12)18-15/h5-6,8,10,13H,2-4,7,9,17H2,1H3/t13-,15?/m0/s1. The van der Waals surface area contributed by atoms with Crippen molar-refractivity contribution in [3.8, 4) is 5.75 Å². The summed E-state index contributed by atoms with van der Waals surface area (Å²) in [4.78, 5) is 0. The molecule has 1 heterocycles. The van der Waals surface area contributed by atoms with Gasteiger partial charge in [-0.25, -0.2) is 4.39 Å². The van der Waals surface area contributed by atoms with E-state index in [1.165, 1.54) is 25.0 Å². The summed E-state index contributed by atoms with van der Waals surface area (Å²) >= 11 is 0. The fourth-order valence-corrected chi connectivity index (χ4v) is 3.28. The van der Waals surface area contributed by atoms with E-state index in [2.05, 4.69) is 6.92 Å². The molecule has 1 unspecified atom stereocenters. The quantitative estimate of drug-likeness (QED) is 0.889. The van der Waals surface area contributed by atoms with E-state index in [-0.39, 0.29) is 17.5 Å². The zero-order valence-corrected chi connectivity index (χ0v) is 10.8. The minimum absolute atomic E-state index is 0.0982. The van der Waals surface area contributed by atoms with Gasteiger partial charge in [0.05, 0.1) is 0 Å². The van der Waals surface area contributed by atoms with Crippen LogP contribution in [0.3, 0.4) is 0 Å². The van der Waals surface area contributed by atoms with Crippen LogP contribution in [0.2, 0.25) is 0 Å². The number of fused-ring (bicyclic) bond motifs is 1. The number of nitrogens with two attached hydrogens (primary N) is 1. The average Bonchev–Trinajstić information content (AvgIpc) is 3.15. The predicted molar refractivity (Wildman–Crippen MR) is 68.9 cm³/mol. The largest absolute Gasteiger partial charge is 0.487 e. The molecule has 1 saturated carbocycles. The molecule has 0 saturated heterocycles. The molecular weight excluding hydrogens is 229 g/mol. The Labute approximate surface area is 107 Å². The summed E-state index contributed by atoms with van der Waals surface area (Å²) in [6.45, 7) is 2.18. The average molecular weight is 249 g/mol. The van der Waals surface area contributed by atoms with Crippen molar-refractivity contribution in [1.82, 2.24) is 0 Å². The van der Waals surface area contributed by atoms with E-state index in [0.29, 0.717) is 5.92 Å². The Hall–Kier alpha value is -1.09. The summed E-state index contributed by atoms with van der Waals surface area (Å²) in [6.07, 6.45) is 5.44. The second kappa shape index (κ2) is 4.23. The summed E-state index contributed by atoms with van der Waals surface area (Å²) in [5, 5.41) is 0. The molecule has 3 rings (SSSR count). The second-order valence-electron chi connectivity index (χ2n) is 5.68. The maximum atomic E-state index is 13.3. The van der Waals surface area contributed by atoms with Crippen molar-refractivity contribution in [2.45, 2.75) is 50.7 Å². The van der Waals surface area contributed by atoms with Crippen LogP contribution in [0.5, 0.6) is 5.75 Å². The van der Waals surface area contributed by atoms with E-state index < -0.39 is 0 Å². The summed E-state index contributed by atoms with van der Waals surface area (Å²) in [5.41, 5.74) is 6.96. The van der Waals surface area contributed by atoms with E-state index in [9.17, 15) is 4.39 Å². The normalized spacial score (nSPS) is 30.7. The van der Waals surface area contributed by atoms with Gasteiger partial charge in [0.1, 0.15) is 17.2 Å². The molecule has 0 radical (unpaired) electrons. The van der Waals surface area contributed by atoms with Crippen LogP contribution in [-0.2, 0) is 0 Å². The van der Waals surface area contributed by atoms with Crippen molar-refractivity contribution < 1.29 is 9.13 Å². The molecule has 1 aliphatic heterocycles. The SMILES string of the molecule is CCCC1(C2CC2)C[C@H](N)c2cc(F)ccc2O1. The van der Waals surface area contributed by atoms with Gasteiger partial charge in [0.25, 0.3) is 0 Å². The Morgan fingerprint density at radius 2 is 2.22 bits per heavy atom. The lowest BCUT2D eigenvalue weighted by Gasteiger charge is -2.42. The third-order valence-corrected chi connectivity index (χ3v) is 4.24. The lowest BCUT2D eigenvalue weighted by molar-refractivity contribution is 0.00551. The third kappa shape index (κ3) is 1.91. The molecule has 0 amide bonds. The molecule has 2 aliphatic rings. The first-order chi connectivity index (χ1) is 8.64.